The summed E-state index contributed by atoms with van der Waals surface area (Å²) in [5.41, 5.74) is 1.31. The average Bonchev–Trinajstić information content (AvgIpc) is 2.73. The molecule has 0 spiro atoms. The van der Waals surface area contributed by atoms with Crippen LogP contribution in [0.2, 0.25) is 0 Å². The molecule has 3 heteroatoms. The molecule has 90 valence electrons. The van der Waals surface area contributed by atoms with Gasteiger partial charge >= 0.3 is 0 Å². The third-order valence-electron chi connectivity index (χ3n) is 2.75. The maximum absolute atomic E-state index is 3.59. The summed E-state index contributed by atoms with van der Waals surface area (Å²) in [6.45, 7) is 5.27. The van der Waals surface area contributed by atoms with E-state index in [2.05, 4.69) is 65.4 Å². The normalized spacial score (nSPS) is 12.6. The Bertz CT molecular complexity index is 492. The smallest absolute Gasteiger partial charge is 0.0306 e. The Morgan fingerprint density at radius 1 is 1.24 bits per heavy atom. The predicted octanol–water partition coefficient (Wildman–Crippen LogP) is 4.67. The van der Waals surface area contributed by atoms with Crippen molar-refractivity contribution in [3.05, 3.63) is 56.2 Å². The van der Waals surface area contributed by atoms with E-state index in [-0.39, 0.29) is 0 Å². The van der Waals surface area contributed by atoms with E-state index in [9.17, 15) is 0 Å². The van der Waals surface area contributed by atoms with Gasteiger partial charge in [-0.3, -0.25) is 0 Å². The molecule has 0 bridgehead atoms. The van der Waals surface area contributed by atoms with Crippen LogP contribution in [-0.4, -0.2) is 0 Å². The second-order valence-electron chi connectivity index (χ2n) is 4.14. The van der Waals surface area contributed by atoms with Crippen LogP contribution >= 0.6 is 27.3 Å². The van der Waals surface area contributed by atoms with Gasteiger partial charge in [-0.2, -0.15) is 0 Å². The van der Waals surface area contributed by atoms with Gasteiger partial charge in [-0.1, -0.05) is 34.1 Å². The molecule has 0 unspecified atom stereocenters. The van der Waals surface area contributed by atoms with E-state index >= 15 is 0 Å². The van der Waals surface area contributed by atoms with Crippen molar-refractivity contribution in [3.8, 4) is 0 Å². The first-order valence-corrected chi connectivity index (χ1v) is 7.31. The minimum atomic E-state index is 0.355. The van der Waals surface area contributed by atoms with Gasteiger partial charge in [0.2, 0.25) is 0 Å². The summed E-state index contributed by atoms with van der Waals surface area (Å²) in [6, 6.07) is 13.1. The summed E-state index contributed by atoms with van der Waals surface area (Å²) in [4.78, 5) is 2.76. The molecule has 1 heterocycles. The number of hydrogen-bond donors (Lipinski definition) is 1. The fourth-order valence-corrected chi connectivity index (χ4v) is 3.24. The first-order chi connectivity index (χ1) is 8.16. The lowest BCUT2D eigenvalue weighted by molar-refractivity contribution is 0.577. The zero-order chi connectivity index (χ0) is 12.3. The zero-order valence-corrected chi connectivity index (χ0v) is 12.4. The van der Waals surface area contributed by atoms with Crippen molar-refractivity contribution in [1.29, 1.82) is 0 Å². The van der Waals surface area contributed by atoms with Crippen LogP contribution in [0.3, 0.4) is 0 Å². The Morgan fingerprint density at radius 3 is 2.65 bits per heavy atom. The third kappa shape index (κ3) is 3.41. The lowest BCUT2D eigenvalue weighted by atomic mass is 10.1. The third-order valence-corrected chi connectivity index (χ3v) is 4.47. The fraction of sp³-hybridized carbons (Fsp3) is 0.286. The minimum absolute atomic E-state index is 0.355. The van der Waals surface area contributed by atoms with E-state index in [4.69, 9.17) is 0 Å². The highest BCUT2D eigenvalue weighted by Gasteiger charge is 2.08. The summed E-state index contributed by atoms with van der Waals surface area (Å²) in [6.07, 6.45) is 0. The molecule has 0 amide bonds. The summed E-state index contributed by atoms with van der Waals surface area (Å²) >= 11 is 5.44. The van der Waals surface area contributed by atoms with Gasteiger partial charge in [0.25, 0.3) is 0 Å². The van der Waals surface area contributed by atoms with Gasteiger partial charge in [-0.25, -0.2) is 0 Å². The number of aryl methyl sites for hydroxylation is 1. The molecule has 1 N–H and O–H groups in total. The largest absolute Gasteiger partial charge is 0.305 e. The Labute approximate surface area is 115 Å². The molecule has 1 aromatic heterocycles. The molecule has 2 rings (SSSR count). The van der Waals surface area contributed by atoms with E-state index in [0.29, 0.717) is 6.04 Å². The highest BCUT2D eigenvalue weighted by Crippen LogP contribution is 2.23. The highest BCUT2D eigenvalue weighted by molar-refractivity contribution is 9.10. The predicted molar refractivity (Wildman–Crippen MR) is 78.5 cm³/mol. The quantitative estimate of drug-likeness (QED) is 0.865. The number of rotatable bonds is 4. The zero-order valence-electron chi connectivity index (χ0n) is 10.0. The molecular weight excluding hydrogens is 294 g/mol. The Kier molecular flexibility index (Phi) is 4.37. The van der Waals surface area contributed by atoms with Gasteiger partial charge < -0.3 is 5.32 Å². The number of nitrogens with one attached hydrogen (secondary N) is 1. The second-order valence-corrected chi connectivity index (χ2v) is 6.36. The van der Waals surface area contributed by atoms with Crippen LogP contribution in [0.4, 0.5) is 0 Å². The molecule has 0 saturated carbocycles. The number of halogens is 1. The van der Waals surface area contributed by atoms with Gasteiger partial charge in [0.05, 0.1) is 0 Å². The summed E-state index contributed by atoms with van der Waals surface area (Å²) in [5.74, 6) is 0. The lowest BCUT2D eigenvalue weighted by Gasteiger charge is -2.15. The van der Waals surface area contributed by atoms with Crippen LogP contribution in [0.1, 0.15) is 28.3 Å². The standard InChI is InChI=1S/C14H16BrNS/c1-10-7-8-12(17-10)9-16-11(2)13-5-3-4-6-14(13)15/h3-8,11,16H,9H2,1-2H3/t11-/m0/s1. The fourth-order valence-electron chi connectivity index (χ4n) is 1.77. The van der Waals surface area contributed by atoms with Crippen LogP contribution in [0.15, 0.2) is 40.9 Å². The van der Waals surface area contributed by atoms with Crippen molar-refractivity contribution in [2.75, 3.05) is 0 Å². The van der Waals surface area contributed by atoms with E-state index in [1.807, 2.05) is 17.4 Å². The summed E-state index contributed by atoms with van der Waals surface area (Å²) in [7, 11) is 0. The first kappa shape index (κ1) is 12.8. The van der Waals surface area contributed by atoms with Crippen molar-refractivity contribution in [2.24, 2.45) is 0 Å². The van der Waals surface area contributed by atoms with E-state index in [1.54, 1.807) is 0 Å². The molecule has 1 aromatic carbocycles. The molecular formula is C14H16BrNS. The highest BCUT2D eigenvalue weighted by atomic mass is 79.9. The van der Waals surface area contributed by atoms with E-state index < -0.39 is 0 Å². The molecule has 0 radical (unpaired) electrons. The second kappa shape index (κ2) is 5.80. The molecule has 0 aliphatic rings. The van der Waals surface area contributed by atoms with Crippen molar-refractivity contribution in [1.82, 2.24) is 5.32 Å². The molecule has 1 nitrogen and oxygen atoms in total. The monoisotopic (exact) mass is 309 g/mol. The Morgan fingerprint density at radius 2 is 2.00 bits per heavy atom. The summed E-state index contributed by atoms with van der Waals surface area (Å²) in [5, 5.41) is 3.55. The maximum atomic E-state index is 3.59. The van der Waals surface area contributed by atoms with Gasteiger partial charge in [-0.15, -0.1) is 11.3 Å². The van der Waals surface area contributed by atoms with Crippen molar-refractivity contribution in [2.45, 2.75) is 26.4 Å². The molecule has 17 heavy (non-hydrogen) atoms. The van der Waals surface area contributed by atoms with Crippen LogP contribution in [0.5, 0.6) is 0 Å². The average molecular weight is 310 g/mol. The van der Waals surface area contributed by atoms with E-state index in [1.165, 1.54) is 19.8 Å². The number of benzene rings is 1. The number of thiophene rings is 1. The lowest BCUT2D eigenvalue weighted by Crippen LogP contribution is -2.17. The molecule has 0 aliphatic heterocycles. The van der Waals surface area contributed by atoms with Gasteiger partial charge in [0, 0.05) is 26.8 Å². The molecule has 0 aliphatic carbocycles. The van der Waals surface area contributed by atoms with Crippen LogP contribution in [-0.2, 0) is 6.54 Å². The van der Waals surface area contributed by atoms with Gasteiger partial charge in [0.1, 0.15) is 0 Å². The van der Waals surface area contributed by atoms with Crippen molar-refractivity contribution < 1.29 is 0 Å². The van der Waals surface area contributed by atoms with Crippen LogP contribution < -0.4 is 5.32 Å². The Balaban J connectivity index is 1.98. The Hall–Kier alpha value is -0.640. The molecule has 0 fully saturated rings. The SMILES string of the molecule is Cc1ccc(CN[C@@H](C)c2ccccc2Br)s1. The molecule has 1 atom stereocenters. The van der Waals surface area contributed by atoms with Crippen molar-refractivity contribution in [3.63, 3.8) is 0 Å². The van der Waals surface area contributed by atoms with Crippen LogP contribution in [0.25, 0.3) is 0 Å². The first-order valence-electron chi connectivity index (χ1n) is 5.70. The summed E-state index contributed by atoms with van der Waals surface area (Å²) < 4.78 is 1.17. The van der Waals surface area contributed by atoms with E-state index in [0.717, 1.165) is 6.54 Å². The van der Waals surface area contributed by atoms with Crippen LogP contribution in [0, 0.1) is 6.92 Å². The van der Waals surface area contributed by atoms with Gasteiger partial charge in [-0.05, 0) is 37.6 Å². The molecule has 2 aromatic rings. The topological polar surface area (TPSA) is 12.0 Å². The minimum Gasteiger partial charge on any atom is -0.305 e. The number of hydrogen-bond acceptors (Lipinski definition) is 2. The molecule has 0 saturated heterocycles. The maximum Gasteiger partial charge on any atom is 0.0306 e. The van der Waals surface area contributed by atoms with Crippen molar-refractivity contribution >= 4 is 27.3 Å². The van der Waals surface area contributed by atoms with Gasteiger partial charge in [0.15, 0.2) is 0 Å².